The first-order valence-corrected chi connectivity index (χ1v) is 6.84. The Hall–Kier alpha value is -2.13. The number of rotatable bonds is 2. The highest BCUT2D eigenvalue weighted by molar-refractivity contribution is 5.64. The summed E-state index contributed by atoms with van der Waals surface area (Å²) in [5.74, 6) is 0.883. The summed E-state index contributed by atoms with van der Waals surface area (Å²) in [5.41, 5.74) is 9.70. The number of imidazole rings is 1. The van der Waals surface area contributed by atoms with Crippen LogP contribution in [0.3, 0.4) is 0 Å². The molecule has 3 rings (SSSR count). The van der Waals surface area contributed by atoms with Gasteiger partial charge in [0.15, 0.2) is 0 Å². The fourth-order valence-corrected chi connectivity index (χ4v) is 2.77. The van der Waals surface area contributed by atoms with E-state index in [-0.39, 0.29) is 11.5 Å². The minimum atomic E-state index is -0.219. The Balaban J connectivity index is 2.14. The monoisotopic (exact) mass is 265 g/mol. The lowest BCUT2D eigenvalue weighted by Gasteiger charge is -2.35. The van der Waals surface area contributed by atoms with Gasteiger partial charge in [-0.2, -0.15) is 0 Å². The van der Waals surface area contributed by atoms with E-state index >= 15 is 0 Å². The number of hydrogen-bond donors (Lipinski definition) is 2. The molecule has 1 heterocycles. The maximum absolute atomic E-state index is 6.40. The van der Waals surface area contributed by atoms with Gasteiger partial charge in [-0.05, 0) is 12.5 Å². The summed E-state index contributed by atoms with van der Waals surface area (Å²) in [6.45, 7) is 4.26. The zero-order valence-corrected chi connectivity index (χ0v) is 11.8. The second-order valence-electron chi connectivity index (χ2n) is 5.54. The number of nitrogens with one attached hydrogen (secondary N) is 1. The van der Waals surface area contributed by atoms with Crippen molar-refractivity contribution in [2.75, 3.05) is 0 Å². The van der Waals surface area contributed by atoms with Crippen molar-refractivity contribution in [3.8, 4) is 11.4 Å². The maximum atomic E-state index is 6.40. The fourth-order valence-electron chi connectivity index (χ4n) is 2.77. The van der Waals surface area contributed by atoms with Gasteiger partial charge in [-0.3, -0.25) is 0 Å². The number of benzene rings is 1. The molecule has 0 aliphatic heterocycles. The van der Waals surface area contributed by atoms with E-state index in [1.165, 1.54) is 11.1 Å². The van der Waals surface area contributed by atoms with Gasteiger partial charge in [0.2, 0.25) is 0 Å². The summed E-state index contributed by atoms with van der Waals surface area (Å²) >= 11 is 0. The molecule has 0 bridgehead atoms. The summed E-state index contributed by atoms with van der Waals surface area (Å²) in [7, 11) is 0. The highest BCUT2D eigenvalue weighted by atomic mass is 14.9. The number of aromatic nitrogens is 2. The van der Waals surface area contributed by atoms with Crippen LogP contribution >= 0.6 is 0 Å². The van der Waals surface area contributed by atoms with Gasteiger partial charge in [-0.25, -0.2) is 4.98 Å². The lowest BCUT2D eigenvalue weighted by molar-refractivity contribution is 0.518. The van der Waals surface area contributed by atoms with E-state index in [0.29, 0.717) is 0 Å². The molecule has 1 aromatic heterocycles. The summed E-state index contributed by atoms with van der Waals surface area (Å²) < 4.78 is 0. The van der Waals surface area contributed by atoms with Crippen LogP contribution in [0.25, 0.3) is 11.4 Å². The number of H-pyrrole nitrogens is 1. The minimum absolute atomic E-state index is 0.0383. The van der Waals surface area contributed by atoms with Crippen LogP contribution in [0.2, 0.25) is 0 Å². The molecule has 1 aromatic carbocycles. The van der Waals surface area contributed by atoms with Crippen LogP contribution < -0.4 is 5.73 Å². The third-order valence-electron chi connectivity index (χ3n) is 4.09. The summed E-state index contributed by atoms with van der Waals surface area (Å²) in [6.07, 6.45) is 10.1. The molecule has 0 spiro atoms. The first-order chi connectivity index (χ1) is 9.61. The van der Waals surface area contributed by atoms with Crippen molar-refractivity contribution < 1.29 is 0 Å². The normalized spacial score (nSPS) is 25.6. The molecule has 2 unspecified atom stereocenters. The van der Waals surface area contributed by atoms with Crippen LogP contribution in [0.4, 0.5) is 0 Å². The van der Waals surface area contributed by atoms with Crippen LogP contribution in [-0.2, 0) is 5.41 Å². The molecule has 0 saturated carbocycles. The van der Waals surface area contributed by atoms with Gasteiger partial charge in [0, 0.05) is 29.4 Å². The topological polar surface area (TPSA) is 54.7 Å². The number of allylic oxidation sites excluding steroid dienone is 2. The Labute approximate surface area is 119 Å². The van der Waals surface area contributed by atoms with Crippen LogP contribution in [0, 0.1) is 0 Å². The molecular weight excluding hydrogens is 246 g/mol. The molecule has 1 aliphatic carbocycles. The van der Waals surface area contributed by atoms with Gasteiger partial charge in [-0.1, -0.05) is 55.0 Å². The lowest BCUT2D eigenvalue weighted by atomic mass is 9.71. The lowest BCUT2D eigenvalue weighted by Crippen LogP contribution is -2.42. The van der Waals surface area contributed by atoms with E-state index < -0.39 is 0 Å². The predicted molar refractivity (Wildman–Crippen MR) is 82.2 cm³/mol. The Bertz CT molecular complexity index is 667. The maximum Gasteiger partial charge on any atom is 0.137 e. The smallest absolute Gasteiger partial charge is 0.137 e. The quantitative estimate of drug-likeness (QED) is 0.876. The summed E-state index contributed by atoms with van der Waals surface area (Å²) in [5, 5.41) is 0. The number of hydrogen-bond acceptors (Lipinski definition) is 2. The van der Waals surface area contributed by atoms with Crippen molar-refractivity contribution in [3.05, 3.63) is 66.0 Å². The number of nitrogens with zero attached hydrogens (tertiary/aromatic N) is 1. The third kappa shape index (κ3) is 2.00. The molecule has 0 radical (unpaired) electrons. The highest BCUT2D eigenvalue weighted by Gasteiger charge is 2.34. The summed E-state index contributed by atoms with van der Waals surface area (Å²) in [4.78, 5) is 7.56. The Kier molecular flexibility index (Phi) is 3.07. The molecular formula is C17H19N3. The number of nitrogens with two attached hydrogens (primary N) is 1. The SMILES string of the molecule is CC1=CC(N)C(C)(c2ccccc2-c2ncc[nH]2)C=C1. The van der Waals surface area contributed by atoms with Gasteiger partial charge < -0.3 is 10.7 Å². The van der Waals surface area contributed by atoms with E-state index in [4.69, 9.17) is 5.73 Å². The molecule has 20 heavy (non-hydrogen) atoms. The average molecular weight is 265 g/mol. The zero-order valence-electron chi connectivity index (χ0n) is 11.8. The third-order valence-corrected chi connectivity index (χ3v) is 4.09. The van der Waals surface area contributed by atoms with Crippen molar-refractivity contribution in [1.29, 1.82) is 0 Å². The standard InChI is InChI=1S/C17H19N3/c1-12-7-8-17(2,15(18)11-12)14-6-4-3-5-13(14)16-19-9-10-20-16/h3-11,15H,18H2,1-2H3,(H,19,20). The molecule has 3 nitrogen and oxygen atoms in total. The van der Waals surface area contributed by atoms with Crippen LogP contribution in [0.15, 0.2) is 60.5 Å². The molecule has 0 saturated heterocycles. The first kappa shape index (κ1) is 12.9. The van der Waals surface area contributed by atoms with E-state index in [1.54, 1.807) is 6.20 Å². The van der Waals surface area contributed by atoms with Gasteiger partial charge in [0.05, 0.1) is 0 Å². The van der Waals surface area contributed by atoms with Crippen molar-refractivity contribution in [2.24, 2.45) is 5.73 Å². The molecule has 0 amide bonds. The molecule has 0 fully saturated rings. The van der Waals surface area contributed by atoms with E-state index in [1.807, 2.05) is 12.3 Å². The number of aromatic amines is 1. The minimum Gasteiger partial charge on any atom is -0.345 e. The molecule has 2 atom stereocenters. The Morgan fingerprint density at radius 2 is 2.10 bits per heavy atom. The van der Waals surface area contributed by atoms with E-state index in [2.05, 4.69) is 60.2 Å². The van der Waals surface area contributed by atoms with Gasteiger partial charge >= 0.3 is 0 Å². The average Bonchev–Trinajstić information content (AvgIpc) is 2.97. The van der Waals surface area contributed by atoms with Crippen molar-refractivity contribution in [1.82, 2.24) is 9.97 Å². The van der Waals surface area contributed by atoms with Crippen LogP contribution in [-0.4, -0.2) is 16.0 Å². The molecule has 3 N–H and O–H groups in total. The second-order valence-corrected chi connectivity index (χ2v) is 5.54. The molecule has 1 aliphatic rings. The van der Waals surface area contributed by atoms with E-state index in [9.17, 15) is 0 Å². The second kappa shape index (κ2) is 4.76. The summed E-state index contributed by atoms with van der Waals surface area (Å²) in [6, 6.07) is 8.27. The van der Waals surface area contributed by atoms with Crippen LogP contribution in [0.5, 0.6) is 0 Å². The van der Waals surface area contributed by atoms with Crippen LogP contribution in [0.1, 0.15) is 19.4 Å². The van der Waals surface area contributed by atoms with E-state index in [0.717, 1.165) is 11.4 Å². The van der Waals surface area contributed by atoms with Crippen molar-refractivity contribution >= 4 is 0 Å². The predicted octanol–water partition coefficient (Wildman–Crippen LogP) is 3.18. The Morgan fingerprint density at radius 1 is 1.30 bits per heavy atom. The Morgan fingerprint density at radius 3 is 2.80 bits per heavy atom. The van der Waals surface area contributed by atoms with Gasteiger partial charge in [-0.15, -0.1) is 0 Å². The van der Waals surface area contributed by atoms with Gasteiger partial charge in [0.25, 0.3) is 0 Å². The molecule has 102 valence electrons. The highest BCUT2D eigenvalue weighted by Crippen LogP contribution is 2.37. The zero-order chi connectivity index (χ0) is 14.2. The molecule has 2 aromatic rings. The first-order valence-electron chi connectivity index (χ1n) is 6.84. The molecule has 3 heteroatoms. The largest absolute Gasteiger partial charge is 0.345 e. The fraction of sp³-hybridized carbons (Fsp3) is 0.235. The van der Waals surface area contributed by atoms with Gasteiger partial charge in [0.1, 0.15) is 5.82 Å². The van der Waals surface area contributed by atoms with Crippen molar-refractivity contribution in [2.45, 2.75) is 25.3 Å². The van der Waals surface area contributed by atoms with Crippen molar-refractivity contribution in [3.63, 3.8) is 0 Å².